The fourth-order valence-corrected chi connectivity index (χ4v) is 4.04. The van der Waals surface area contributed by atoms with E-state index < -0.39 is 11.6 Å². The van der Waals surface area contributed by atoms with Gasteiger partial charge in [0.05, 0.1) is 5.69 Å². The number of hydrogen-bond donors (Lipinski definition) is 1. The van der Waals surface area contributed by atoms with Crippen molar-refractivity contribution in [3.8, 4) is 11.1 Å². The summed E-state index contributed by atoms with van der Waals surface area (Å²) in [5.74, 6) is -0.659. The highest BCUT2D eigenvalue weighted by atomic mass is 19.2. The number of benzene rings is 1. The summed E-state index contributed by atoms with van der Waals surface area (Å²) in [7, 11) is 0. The Hall–Kier alpha value is -2.93. The lowest BCUT2D eigenvalue weighted by Gasteiger charge is -2.32. The average Bonchev–Trinajstić information content (AvgIpc) is 2.77. The van der Waals surface area contributed by atoms with E-state index in [-0.39, 0.29) is 6.04 Å². The first-order valence-electron chi connectivity index (χ1n) is 10.7. The first kappa shape index (κ1) is 21.3. The molecule has 0 atom stereocenters. The molecule has 31 heavy (non-hydrogen) atoms. The number of nitrogens with zero attached hydrogens (tertiary/aromatic N) is 4. The zero-order valence-electron chi connectivity index (χ0n) is 17.9. The van der Waals surface area contributed by atoms with Crippen molar-refractivity contribution < 1.29 is 8.78 Å². The summed E-state index contributed by atoms with van der Waals surface area (Å²) in [6.07, 6.45) is 7.37. The number of aromatic nitrogens is 3. The molecule has 7 heteroatoms. The fraction of sp³-hybridized carbons (Fsp3) is 0.375. The van der Waals surface area contributed by atoms with E-state index in [4.69, 9.17) is 4.98 Å². The van der Waals surface area contributed by atoms with Gasteiger partial charge >= 0.3 is 0 Å². The monoisotopic (exact) mass is 423 g/mol. The average molecular weight is 424 g/mol. The van der Waals surface area contributed by atoms with Gasteiger partial charge in [-0.05, 0) is 63.5 Å². The molecule has 1 aliphatic rings. The number of rotatable bonds is 6. The number of pyridine rings is 1. The first-order valence-corrected chi connectivity index (χ1v) is 10.7. The van der Waals surface area contributed by atoms with Gasteiger partial charge in [0.1, 0.15) is 0 Å². The van der Waals surface area contributed by atoms with Crippen LogP contribution in [0.4, 0.5) is 14.7 Å². The van der Waals surface area contributed by atoms with Gasteiger partial charge in [0.15, 0.2) is 11.6 Å². The summed E-state index contributed by atoms with van der Waals surface area (Å²) >= 11 is 0. The molecule has 4 rings (SSSR count). The third-order valence-corrected chi connectivity index (χ3v) is 5.57. The molecule has 2 aromatic heterocycles. The number of nitrogens with one attached hydrogen (secondary N) is 1. The van der Waals surface area contributed by atoms with Crippen molar-refractivity contribution in [3.63, 3.8) is 0 Å². The normalized spacial score (nSPS) is 15.4. The number of hydrogen-bond acceptors (Lipinski definition) is 5. The Kier molecular flexibility index (Phi) is 6.51. The molecule has 1 aromatic carbocycles. The Morgan fingerprint density at radius 2 is 1.90 bits per heavy atom. The van der Waals surface area contributed by atoms with E-state index in [1.54, 1.807) is 12.3 Å². The molecule has 5 nitrogen and oxygen atoms in total. The first-order chi connectivity index (χ1) is 15.0. The summed E-state index contributed by atoms with van der Waals surface area (Å²) in [6, 6.07) is 8.33. The Bertz CT molecular complexity index is 1020. The zero-order valence-corrected chi connectivity index (χ0v) is 17.9. The van der Waals surface area contributed by atoms with Gasteiger partial charge in [0.25, 0.3) is 0 Å². The van der Waals surface area contributed by atoms with E-state index in [1.807, 2.05) is 24.5 Å². The molecular weight excluding hydrogens is 396 g/mol. The van der Waals surface area contributed by atoms with Crippen LogP contribution in [0.5, 0.6) is 0 Å². The molecule has 3 aromatic rings. The number of anilines is 1. The van der Waals surface area contributed by atoms with Gasteiger partial charge in [-0.25, -0.2) is 18.7 Å². The summed E-state index contributed by atoms with van der Waals surface area (Å²) in [5, 5.41) is 3.30. The molecular formula is C24H27F2N5. The topological polar surface area (TPSA) is 53.9 Å². The van der Waals surface area contributed by atoms with Crippen LogP contribution in [0.15, 0.2) is 48.9 Å². The Morgan fingerprint density at radius 3 is 2.58 bits per heavy atom. The smallest absolute Gasteiger partial charge is 0.223 e. The van der Waals surface area contributed by atoms with E-state index >= 15 is 0 Å². The van der Waals surface area contributed by atoms with E-state index in [1.165, 1.54) is 12.1 Å². The molecule has 0 amide bonds. The Labute approximate surface area is 181 Å². The number of likely N-dealkylation sites (tertiary alicyclic amines) is 1. The Morgan fingerprint density at radius 1 is 1.10 bits per heavy atom. The summed E-state index contributed by atoms with van der Waals surface area (Å²) in [5.41, 5.74) is 3.86. The number of halogens is 2. The molecule has 1 fully saturated rings. The highest BCUT2D eigenvalue weighted by Crippen LogP contribution is 2.34. The molecule has 1 N–H and O–H groups in total. The minimum absolute atomic E-state index is 0.245. The lowest BCUT2D eigenvalue weighted by molar-refractivity contribution is 0.203. The van der Waals surface area contributed by atoms with Crippen LogP contribution in [0.25, 0.3) is 11.1 Å². The van der Waals surface area contributed by atoms with Crippen molar-refractivity contribution in [1.29, 1.82) is 0 Å². The maximum Gasteiger partial charge on any atom is 0.223 e. The van der Waals surface area contributed by atoms with Crippen molar-refractivity contribution in [2.24, 2.45) is 0 Å². The standard InChI is InChI=1S/C24H27F2N5/c1-16(2)29-24-28-14-20(19-4-3-9-27-13-19)23(30-24)18-7-10-31(11-8-18)15-17-5-6-21(25)22(26)12-17/h3-6,9,12-14,16,18H,7-8,10-11,15H2,1-2H3,(H,28,29,30). The second-order valence-electron chi connectivity index (χ2n) is 8.33. The zero-order chi connectivity index (χ0) is 21.8. The molecule has 0 unspecified atom stereocenters. The summed E-state index contributed by atoms with van der Waals surface area (Å²) < 4.78 is 26.7. The van der Waals surface area contributed by atoms with Gasteiger partial charge in [-0.3, -0.25) is 9.88 Å². The fourth-order valence-electron chi connectivity index (χ4n) is 4.04. The van der Waals surface area contributed by atoms with Gasteiger partial charge < -0.3 is 5.32 Å². The minimum atomic E-state index is -0.806. The van der Waals surface area contributed by atoms with Crippen molar-refractivity contribution in [1.82, 2.24) is 19.9 Å². The summed E-state index contributed by atoms with van der Waals surface area (Å²) in [4.78, 5) is 15.9. The molecule has 3 heterocycles. The van der Waals surface area contributed by atoms with Gasteiger partial charge in [-0.1, -0.05) is 12.1 Å². The third kappa shape index (κ3) is 5.22. The van der Waals surface area contributed by atoms with E-state index in [2.05, 4.69) is 34.0 Å². The predicted octanol–water partition coefficient (Wildman–Crippen LogP) is 5.02. The van der Waals surface area contributed by atoms with Crippen molar-refractivity contribution >= 4 is 5.95 Å². The maximum absolute atomic E-state index is 13.5. The largest absolute Gasteiger partial charge is 0.352 e. The minimum Gasteiger partial charge on any atom is -0.352 e. The van der Waals surface area contributed by atoms with E-state index in [0.29, 0.717) is 18.4 Å². The quantitative estimate of drug-likeness (QED) is 0.604. The van der Waals surface area contributed by atoms with Gasteiger partial charge in [0.2, 0.25) is 5.95 Å². The van der Waals surface area contributed by atoms with Crippen LogP contribution in [-0.2, 0) is 6.54 Å². The molecule has 0 radical (unpaired) electrons. The molecule has 1 saturated heterocycles. The van der Waals surface area contributed by atoms with Crippen LogP contribution in [0.2, 0.25) is 0 Å². The van der Waals surface area contributed by atoms with Crippen LogP contribution in [0, 0.1) is 11.6 Å². The predicted molar refractivity (Wildman–Crippen MR) is 118 cm³/mol. The lowest BCUT2D eigenvalue weighted by atomic mass is 9.89. The van der Waals surface area contributed by atoms with Crippen LogP contribution in [0.3, 0.4) is 0 Å². The van der Waals surface area contributed by atoms with Crippen LogP contribution >= 0.6 is 0 Å². The molecule has 0 saturated carbocycles. The van der Waals surface area contributed by atoms with Gasteiger partial charge in [-0.2, -0.15) is 0 Å². The SMILES string of the molecule is CC(C)Nc1ncc(-c2cccnc2)c(C2CCN(Cc3ccc(F)c(F)c3)CC2)n1. The number of piperidine rings is 1. The lowest BCUT2D eigenvalue weighted by Crippen LogP contribution is -2.33. The highest BCUT2D eigenvalue weighted by molar-refractivity contribution is 5.65. The van der Waals surface area contributed by atoms with Gasteiger partial charge in [-0.15, -0.1) is 0 Å². The van der Waals surface area contributed by atoms with Crippen molar-refractivity contribution in [3.05, 3.63) is 71.8 Å². The highest BCUT2D eigenvalue weighted by Gasteiger charge is 2.25. The summed E-state index contributed by atoms with van der Waals surface area (Å²) in [6.45, 7) is 6.48. The second kappa shape index (κ2) is 9.47. The van der Waals surface area contributed by atoms with Crippen LogP contribution < -0.4 is 5.32 Å². The van der Waals surface area contributed by atoms with Crippen LogP contribution in [0.1, 0.15) is 43.9 Å². The molecule has 0 spiro atoms. The van der Waals surface area contributed by atoms with Crippen LogP contribution in [-0.4, -0.2) is 39.0 Å². The van der Waals surface area contributed by atoms with E-state index in [0.717, 1.165) is 48.3 Å². The molecule has 162 valence electrons. The van der Waals surface area contributed by atoms with Crippen molar-refractivity contribution in [2.75, 3.05) is 18.4 Å². The van der Waals surface area contributed by atoms with E-state index in [9.17, 15) is 8.78 Å². The van der Waals surface area contributed by atoms with Gasteiger partial charge in [0, 0.05) is 48.2 Å². The second-order valence-corrected chi connectivity index (χ2v) is 8.33. The van der Waals surface area contributed by atoms with Crippen molar-refractivity contribution in [2.45, 2.75) is 45.2 Å². The molecule has 1 aliphatic heterocycles. The Balaban J connectivity index is 1.51. The molecule has 0 aliphatic carbocycles. The maximum atomic E-state index is 13.5. The third-order valence-electron chi connectivity index (χ3n) is 5.57. The molecule has 0 bridgehead atoms.